The Balaban J connectivity index is 2.07. The van der Waals surface area contributed by atoms with Crippen LogP contribution in [0.1, 0.15) is 13.8 Å². The number of aromatic amines is 1. The van der Waals surface area contributed by atoms with E-state index in [1.54, 1.807) is 12.4 Å². The summed E-state index contributed by atoms with van der Waals surface area (Å²) in [4.78, 5) is 16.0. The van der Waals surface area contributed by atoms with Crippen LogP contribution < -0.4 is 9.47 Å². The van der Waals surface area contributed by atoms with Crippen molar-refractivity contribution in [1.29, 1.82) is 0 Å². The van der Waals surface area contributed by atoms with Crippen LogP contribution in [0.15, 0.2) is 30.6 Å². The van der Waals surface area contributed by atoms with Crippen LogP contribution in [0.5, 0.6) is 11.5 Å². The second-order valence-electron chi connectivity index (χ2n) is 4.34. The van der Waals surface area contributed by atoms with E-state index >= 15 is 0 Å². The highest BCUT2D eigenvalue weighted by atomic mass is 16.5. The number of nitrogens with zero attached hydrogens (tertiary/aromatic N) is 3. The van der Waals surface area contributed by atoms with Crippen LogP contribution in [-0.2, 0) is 0 Å². The maximum Gasteiger partial charge on any atom is 0.197 e. The molecule has 21 heavy (non-hydrogen) atoms. The molecule has 0 amide bonds. The molecule has 0 aliphatic rings. The van der Waals surface area contributed by atoms with Crippen LogP contribution in [0.25, 0.3) is 22.7 Å². The third-order valence-electron chi connectivity index (χ3n) is 2.95. The highest BCUT2D eigenvalue weighted by molar-refractivity contribution is 5.75. The first-order valence-electron chi connectivity index (χ1n) is 6.88. The van der Waals surface area contributed by atoms with Gasteiger partial charge in [-0.1, -0.05) is 0 Å². The molecular weight excluding hydrogens is 268 g/mol. The molecule has 1 aromatic carbocycles. The van der Waals surface area contributed by atoms with Gasteiger partial charge in [-0.15, -0.1) is 0 Å². The topological polar surface area (TPSA) is 72.9 Å². The maximum absolute atomic E-state index is 5.69. The number of hydrogen-bond donors (Lipinski definition) is 1. The summed E-state index contributed by atoms with van der Waals surface area (Å²) in [7, 11) is 0. The molecular formula is C15H16N4O2. The van der Waals surface area contributed by atoms with Gasteiger partial charge in [0.15, 0.2) is 11.3 Å². The van der Waals surface area contributed by atoms with Gasteiger partial charge in [-0.05, 0) is 26.0 Å². The fraction of sp³-hybridized carbons (Fsp3) is 0.267. The number of H-pyrrole nitrogens is 1. The molecule has 0 bridgehead atoms. The van der Waals surface area contributed by atoms with Crippen molar-refractivity contribution in [2.45, 2.75) is 13.8 Å². The molecule has 6 nitrogen and oxygen atoms in total. The van der Waals surface area contributed by atoms with E-state index in [-0.39, 0.29) is 0 Å². The Morgan fingerprint density at radius 1 is 1.05 bits per heavy atom. The lowest BCUT2D eigenvalue weighted by Crippen LogP contribution is -1.97. The van der Waals surface area contributed by atoms with Crippen molar-refractivity contribution >= 4 is 11.3 Å². The predicted octanol–water partition coefficient (Wildman–Crippen LogP) is 2.82. The molecule has 0 atom stereocenters. The van der Waals surface area contributed by atoms with Crippen molar-refractivity contribution < 1.29 is 9.47 Å². The van der Waals surface area contributed by atoms with E-state index in [2.05, 4.69) is 19.9 Å². The van der Waals surface area contributed by atoms with Gasteiger partial charge in [0.1, 0.15) is 17.3 Å². The van der Waals surface area contributed by atoms with Crippen molar-refractivity contribution in [1.82, 2.24) is 19.9 Å². The van der Waals surface area contributed by atoms with Crippen LogP contribution in [0.3, 0.4) is 0 Å². The Labute approximate surface area is 122 Å². The molecule has 1 N–H and O–H groups in total. The summed E-state index contributed by atoms with van der Waals surface area (Å²) < 4.78 is 11.2. The summed E-state index contributed by atoms with van der Waals surface area (Å²) in [5, 5.41) is 0. The van der Waals surface area contributed by atoms with Crippen LogP contribution in [0.2, 0.25) is 0 Å². The van der Waals surface area contributed by atoms with Gasteiger partial charge in [-0.25, -0.2) is 15.0 Å². The largest absolute Gasteiger partial charge is 0.494 e. The number of rotatable bonds is 5. The van der Waals surface area contributed by atoms with Crippen LogP contribution >= 0.6 is 0 Å². The molecule has 0 saturated carbocycles. The quantitative estimate of drug-likeness (QED) is 0.780. The summed E-state index contributed by atoms with van der Waals surface area (Å²) in [5.74, 6) is 2.18. The van der Waals surface area contributed by atoms with Crippen LogP contribution in [0, 0.1) is 0 Å². The van der Waals surface area contributed by atoms with E-state index in [1.165, 1.54) is 0 Å². The Morgan fingerprint density at radius 3 is 2.62 bits per heavy atom. The number of imidazole rings is 1. The second-order valence-corrected chi connectivity index (χ2v) is 4.34. The van der Waals surface area contributed by atoms with Gasteiger partial charge < -0.3 is 14.5 Å². The highest BCUT2D eigenvalue weighted by Gasteiger charge is 2.13. The van der Waals surface area contributed by atoms with E-state index in [4.69, 9.17) is 9.47 Å². The number of aromatic nitrogens is 4. The molecule has 0 fully saturated rings. The van der Waals surface area contributed by atoms with Gasteiger partial charge in [0.05, 0.1) is 18.8 Å². The second kappa shape index (κ2) is 5.78. The summed E-state index contributed by atoms with van der Waals surface area (Å²) in [6.07, 6.45) is 3.25. The summed E-state index contributed by atoms with van der Waals surface area (Å²) in [5.41, 5.74) is 2.10. The normalized spacial score (nSPS) is 10.8. The van der Waals surface area contributed by atoms with Crippen LogP contribution in [0.4, 0.5) is 0 Å². The zero-order valence-corrected chi connectivity index (χ0v) is 12.0. The van der Waals surface area contributed by atoms with Gasteiger partial charge in [0.2, 0.25) is 0 Å². The first-order chi connectivity index (χ1) is 10.3. The van der Waals surface area contributed by atoms with Gasteiger partial charge in [0.25, 0.3) is 0 Å². The SMILES string of the molecule is CCOc1ccc(-c2nc3nccnc3[nH]2)c(OCC)c1. The summed E-state index contributed by atoms with van der Waals surface area (Å²) in [6, 6.07) is 5.69. The summed E-state index contributed by atoms with van der Waals surface area (Å²) >= 11 is 0. The molecule has 0 aliphatic carbocycles. The smallest absolute Gasteiger partial charge is 0.197 e. The molecule has 3 rings (SSSR count). The maximum atomic E-state index is 5.69. The molecule has 0 spiro atoms. The van der Waals surface area contributed by atoms with Crippen molar-refractivity contribution in [3.63, 3.8) is 0 Å². The Hall–Kier alpha value is -2.63. The van der Waals surface area contributed by atoms with E-state index in [1.807, 2.05) is 32.0 Å². The molecule has 108 valence electrons. The zero-order valence-electron chi connectivity index (χ0n) is 12.0. The Morgan fingerprint density at radius 2 is 1.86 bits per heavy atom. The minimum absolute atomic E-state index is 0.569. The monoisotopic (exact) mass is 284 g/mol. The van der Waals surface area contributed by atoms with E-state index in [0.29, 0.717) is 30.3 Å². The predicted molar refractivity (Wildman–Crippen MR) is 79.5 cm³/mol. The molecule has 0 unspecified atom stereocenters. The van der Waals surface area contributed by atoms with Gasteiger partial charge in [-0.3, -0.25) is 0 Å². The average molecular weight is 284 g/mol. The number of benzene rings is 1. The zero-order chi connectivity index (χ0) is 14.7. The third-order valence-corrected chi connectivity index (χ3v) is 2.95. The molecule has 6 heteroatoms. The first kappa shape index (κ1) is 13.4. The van der Waals surface area contributed by atoms with E-state index in [9.17, 15) is 0 Å². The number of ether oxygens (including phenoxy) is 2. The molecule has 2 heterocycles. The van der Waals surface area contributed by atoms with Crippen molar-refractivity contribution in [3.05, 3.63) is 30.6 Å². The lowest BCUT2D eigenvalue weighted by Gasteiger charge is -2.10. The van der Waals surface area contributed by atoms with Crippen LogP contribution in [-0.4, -0.2) is 33.1 Å². The molecule has 0 saturated heterocycles. The first-order valence-corrected chi connectivity index (χ1v) is 6.88. The highest BCUT2D eigenvalue weighted by Crippen LogP contribution is 2.32. The van der Waals surface area contributed by atoms with Gasteiger partial charge >= 0.3 is 0 Å². The fourth-order valence-corrected chi connectivity index (χ4v) is 2.10. The molecule has 2 aromatic heterocycles. The standard InChI is InChI=1S/C15H16N4O2/c1-3-20-10-5-6-11(12(9-10)21-4-2)13-18-14-15(19-13)17-8-7-16-14/h5-9H,3-4H2,1-2H3,(H,16,17,18,19). The fourth-order valence-electron chi connectivity index (χ4n) is 2.10. The van der Waals surface area contributed by atoms with Crippen molar-refractivity contribution in [3.8, 4) is 22.9 Å². The lowest BCUT2D eigenvalue weighted by atomic mass is 10.2. The van der Waals surface area contributed by atoms with Gasteiger partial charge in [0, 0.05) is 18.5 Å². The lowest BCUT2D eigenvalue weighted by molar-refractivity contribution is 0.324. The van der Waals surface area contributed by atoms with Crippen molar-refractivity contribution in [2.24, 2.45) is 0 Å². The van der Waals surface area contributed by atoms with E-state index in [0.717, 1.165) is 17.1 Å². The minimum atomic E-state index is 0.569. The average Bonchev–Trinajstić information content (AvgIpc) is 2.92. The minimum Gasteiger partial charge on any atom is -0.494 e. The molecule has 0 radical (unpaired) electrons. The molecule has 3 aromatic rings. The summed E-state index contributed by atoms with van der Waals surface area (Å²) in [6.45, 7) is 5.08. The van der Waals surface area contributed by atoms with Crippen molar-refractivity contribution in [2.75, 3.05) is 13.2 Å². The number of fused-ring (bicyclic) bond motifs is 1. The Kier molecular flexibility index (Phi) is 3.68. The third kappa shape index (κ3) is 2.65. The number of hydrogen-bond acceptors (Lipinski definition) is 5. The van der Waals surface area contributed by atoms with Gasteiger partial charge in [-0.2, -0.15) is 0 Å². The molecule has 0 aliphatic heterocycles. The van der Waals surface area contributed by atoms with E-state index < -0.39 is 0 Å². The Bertz CT molecular complexity index is 721. The number of nitrogens with one attached hydrogen (secondary N) is 1.